The second kappa shape index (κ2) is 28.7. The van der Waals surface area contributed by atoms with Gasteiger partial charge in [-0.3, -0.25) is 48.4 Å². The molecule has 15 nitrogen and oxygen atoms in total. The summed E-state index contributed by atoms with van der Waals surface area (Å²) in [6.45, 7) is 7.18. The van der Waals surface area contributed by atoms with Crippen molar-refractivity contribution in [2.24, 2.45) is 0 Å². The lowest BCUT2D eigenvalue weighted by Crippen LogP contribution is -2.52. The zero-order chi connectivity index (χ0) is 37.0. The van der Waals surface area contributed by atoms with Gasteiger partial charge >= 0.3 is 23.9 Å². The number of hydrogen-bond acceptors (Lipinski definition) is 10. The zero-order valence-electron chi connectivity index (χ0n) is 30.1. The molecule has 1 saturated heterocycles. The van der Waals surface area contributed by atoms with Gasteiger partial charge in [0.25, 0.3) is 0 Å². The second-order valence-corrected chi connectivity index (χ2v) is 12.3. The first kappa shape index (κ1) is 45.9. The number of rotatable bonds is 23. The molecule has 1 unspecified atom stereocenters. The summed E-state index contributed by atoms with van der Waals surface area (Å²) in [5, 5.41) is 41.1. The molecule has 0 radical (unpaired) electrons. The predicted octanol–water partition coefficient (Wildman–Crippen LogP) is 2.33. The van der Waals surface area contributed by atoms with Crippen molar-refractivity contribution in [1.29, 1.82) is 0 Å². The molecule has 0 aliphatic carbocycles. The summed E-state index contributed by atoms with van der Waals surface area (Å²) in [6, 6.07) is -1.04. The average molecular weight is 702 g/mol. The molecule has 5 N–H and O–H groups in total. The average Bonchev–Trinajstić information content (AvgIpc) is 3.04. The molecule has 284 valence electrons. The first-order valence-corrected chi connectivity index (χ1v) is 18.0. The Kier molecular flexibility index (Phi) is 26.8. The van der Waals surface area contributed by atoms with E-state index in [1.165, 1.54) is 0 Å². The zero-order valence-corrected chi connectivity index (χ0v) is 30.1. The van der Waals surface area contributed by atoms with Gasteiger partial charge in [0, 0.05) is 78.2 Å². The number of carbonyl (C=O) groups is 6. The molecule has 0 bridgehead atoms. The van der Waals surface area contributed by atoms with Crippen molar-refractivity contribution in [1.82, 2.24) is 24.9 Å². The Hall–Kier alpha value is -3.14. The van der Waals surface area contributed by atoms with Gasteiger partial charge in [0.15, 0.2) is 0 Å². The van der Waals surface area contributed by atoms with E-state index in [-0.39, 0.29) is 90.7 Å². The van der Waals surface area contributed by atoms with E-state index in [2.05, 4.69) is 5.32 Å². The minimum atomic E-state index is -1.12. The molecule has 0 saturated carbocycles. The van der Waals surface area contributed by atoms with Gasteiger partial charge in [-0.1, -0.05) is 59.3 Å². The summed E-state index contributed by atoms with van der Waals surface area (Å²) in [7, 11) is 0. The number of carbonyl (C=O) groups excluding carboxylic acids is 2. The van der Waals surface area contributed by atoms with E-state index >= 15 is 0 Å². The Balaban J connectivity index is 0.0000113. The summed E-state index contributed by atoms with van der Waals surface area (Å²) in [5.74, 6) is -4.23. The summed E-state index contributed by atoms with van der Waals surface area (Å²) in [6.07, 6.45) is 9.59. The third kappa shape index (κ3) is 24.6. The topological polar surface area (TPSA) is 208 Å². The van der Waals surface area contributed by atoms with E-state index in [4.69, 9.17) is 0 Å². The lowest BCUT2D eigenvalue weighted by Gasteiger charge is -2.35. The van der Waals surface area contributed by atoms with Crippen LogP contribution in [0.15, 0.2) is 0 Å². The number of carboxylic acids is 4. The maximum absolute atomic E-state index is 12.6. The number of Topliss-reactive ketones (excluding diaryl/α,β-unsaturated/α-hetero) is 1. The van der Waals surface area contributed by atoms with Crippen molar-refractivity contribution in [3.05, 3.63) is 0 Å². The van der Waals surface area contributed by atoms with Crippen molar-refractivity contribution in [3.8, 4) is 0 Å². The molecular weight excluding hydrogens is 638 g/mol. The number of hydrogen-bond donors (Lipinski definition) is 5. The fraction of sp³-hybridized carbons (Fsp3) is 0.824. The van der Waals surface area contributed by atoms with Crippen LogP contribution in [-0.2, 0) is 28.8 Å². The highest BCUT2D eigenvalue weighted by Crippen LogP contribution is 2.12. The number of nitrogens with zero attached hydrogens (tertiary/aromatic N) is 4. The Morgan fingerprint density at radius 3 is 1.35 bits per heavy atom. The van der Waals surface area contributed by atoms with Gasteiger partial charge in [-0.05, 0) is 19.3 Å². The smallest absolute Gasteiger partial charge is 0.320 e. The first-order valence-electron chi connectivity index (χ1n) is 18.0. The van der Waals surface area contributed by atoms with Crippen LogP contribution in [0.4, 0.5) is 0 Å². The van der Waals surface area contributed by atoms with Crippen molar-refractivity contribution in [3.63, 3.8) is 0 Å². The Morgan fingerprint density at radius 1 is 0.571 bits per heavy atom. The van der Waals surface area contributed by atoms with Crippen LogP contribution in [0.2, 0.25) is 0 Å². The van der Waals surface area contributed by atoms with Gasteiger partial charge in [0.2, 0.25) is 5.91 Å². The van der Waals surface area contributed by atoms with Crippen LogP contribution >= 0.6 is 0 Å². The molecule has 1 heterocycles. The van der Waals surface area contributed by atoms with Crippen LogP contribution in [0.3, 0.4) is 0 Å². The predicted molar refractivity (Wildman–Crippen MR) is 186 cm³/mol. The molecule has 0 spiro atoms. The highest BCUT2D eigenvalue weighted by molar-refractivity contribution is 5.78. The molecule has 0 aromatic carbocycles. The van der Waals surface area contributed by atoms with Crippen LogP contribution in [-0.4, -0.2) is 160 Å². The largest absolute Gasteiger partial charge is 0.480 e. The molecule has 1 amide bonds. The minimum absolute atomic E-state index is 0.00414. The molecule has 1 rings (SSSR count). The van der Waals surface area contributed by atoms with Gasteiger partial charge in [-0.25, -0.2) is 0 Å². The van der Waals surface area contributed by atoms with E-state index in [0.29, 0.717) is 25.2 Å². The maximum Gasteiger partial charge on any atom is 0.320 e. The lowest BCUT2D eigenvalue weighted by molar-refractivity contribution is -0.145. The standard InChI is InChI=1S/C32H57N5O10.C2H6/c1-2-26(38)11-9-7-5-3-4-6-8-10-14-33-28(39)13-12-27(32(46)47)37-21-19-35(24-30(42)43)17-15-34(23-29(40)41)16-18-36(20-22-37)25-31(44)45;1-2/h27H,2-25H2,1H3,(H,33,39)(H,40,41)(H,42,43)(H,44,45)(H,46,47);1-2H3. The third-order valence-corrected chi connectivity index (χ3v) is 8.42. The Labute approximate surface area is 292 Å². The SMILES string of the molecule is CC.CCC(=O)CCCCCCCCCCNC(=O)CCC(C(=O)O)N1CCN(CC(=O)O)CCN(CC(=O)O)CCN(CC(=O)O)CC1. The highest BCUT2D eigenvalue weighted by atomic mass is 16.4. The van der Waals surface area contributed by atoms with Crippen LogP contribution in [0.5, 0.6) is 0 Å². The van der Waals surface area contributed by atoms with Crippen LogP contribution in [0.1, 0.15) is 97.8 Å². The number of aliphatic carboxylic acids is 4. The lowest BCUT2D eigenvalue weighted by atomic mass is 10.1. The molecule has 15 heteroatoms. The molecule has 49 heavy (non-hydrogen) atoms. The summed E-state index contributed by atoms with van der Waals surface area (Å²) in [5.41, 5.74) is 0. The van der Waals surface area contributed by atoms with Gasteiger partial charge in [0.1, 0.15) is 11.8 Å². The highest BCUT2D eigenvalue weighted by Gasteiger charge is 2.28. The first-order chi connectivity index (χ1) is 23.4. The minimum Gasteiger partial charge on any atom is -0.480 e. The van der Waals surface area contributed by atoms with E-state index in [1.807, 2.05) is 20.8 Å². The number of unbranched alkanes of at least 4 members (excludes halogenated alkanes) is 7. The Morgan fingerprint density at radius 2 is 0.959 bits per heavy atom. The second-order valence-electron chi connectivity index (χ2n) is 12.3. The number of carboxylic acid groups (broad SMARTS) is 4. The normalized spacial score (nSPS) is 16.3. The van der Waals surface area contributed by atoms with Gasteiger partial charge < -0.3 is 25.7 Å². The molecule has 1 aliphatic rings. The van der Waals surface area contributed by atoms with E-state index < -0.39 is 29.9 Å². The monoisotopic (exact) mass is 701 g/mol. The molecule has 0 aromatic rings. The number of nitrogens with one attached hydrogen (secondary N) is 1. The van der Waals surface area contributed by atoms with E-state index in [1.54, 1.807) is 19.6 Å². The fourth-order valence-corrected chi connectivity index (χ4v) is 5.64. The summed E-state index contributed by atoms with van der Waals surface area (Å²) < 4.78 is 0. The van der Waals surface area contributed by atoms with Crippen LogP contribution in [0, 0.1) is 0 Å². The summed E-state index contributed by atoms with van der Waals surface area (Å²) >= 11 is 0. The van der Waals surface area contributed by atoms with Crippen LogP contribution in [0.25, 0.3) is 0 Å². The fourth-order valence-electron chi connectivity index (χ4n) is 5.64. The number of ketones is 1. The van der Waals surface area contributed by atoms with Crippen molar-refractivity contribution in [2.45, 2.75) is 104 Å². The van der Waals surface area contributed by atoms with Gasteiger partial charge in [-0.15, -0.1) is 0 Å². The quantitative estimate of drug-likeness (QED) is 0.0970. The molecular formula is C34H63N5O10. The molecule has 1 fully saturated rings. The molecule has 0 aromatic heterocycles. The van der Waals surface area contributed by atoms with E-state index in [9.17, 15) is 49.2 Å². The maximum atomic E-state index is 12.6. The van der Waals surface area contributed by atoms with Gasteiger partial charge in [0.05, 0.1) is 19.6 Å². The van der Waals surface area contributed by atoms with Crippen molar-refractivity contribution < 1.29 is 49.2 Å². The third-order valence-electron chi connectivity index (χ3n) is 8.42. The number of amides is 1. The van der Waals surface area contributed by atoms with E-state index in [0.717, 1.165) is 51.4 Å². The van der Waals surface area contributed by atoms with Crippen molar-refractivity contribution >= 4 is 35.6 Å². The van der Waals surface area contributed by atoms with Crippen LogP contribution < -0.4 is 5.32 Å². The molecule has 1 aliphatic heterocycles. The molecule has 1 atom stereocenters. The van der Waals surface area contributed by atoms with Crippen molar-refractivity contribution in [2.75, 3.05) is 78.5 Å². The van der Waals surface area contributed by atoms with Gasteiger partial charge in [-0.2, -0.15) is 0 Å². The Bertz CT molecular complexity index is 951. The summed E-state index contributed by atoms with van der Waals surface area (Å²) in [4.78, 5) is 77.2.